The molecule has 0 radical (unpaired) electrons. The maximum atomic E-state index is 12.4. The van der Waals surface area contributed by atoms with E-state index in [9.17, 15) is 25.1 Å². The number of hydrogen-bond acceptors (Lipinski definition) is 9. The molecule has 0 saturated carbocycles. The molecule has 1 aliphatic rings. The highest BCUT2D eigenvalue weighted by Crippen LogP contribution is 2.51. The van der Waals surface area contributed by atoms with Crippen molar-refractivity contribution in [1.82, 2.24) is 10.1 Å². The van der Waals surface area contributed by atoms with Crippen molar-refractivity contribution in [3.8, 4) is 34.3 Å². The van der Waals surface area contributed by atoms with Crippen LogP contribution in [0, 0.1) is 10.1 Å². The number of nitrogens with zero attached hydrogens (tertiary/aromatic N) is 3. The van der Waals surface area contributed by atoms with E-state index < -0.39 is 10.8 Å². The lowest BCUT2D eigenvalue weighted by atomic mass is 9.71. The molecular weight excluding hydrogens is 480 g/mol. The molecule has 4 N–H and O–H groups in total. The minimum atomic E-state index is -0.768. The summed E-state index contributed by atoms with van der Waals surface area (Å²) < 4.78 is 11.6. The molecule has 1 fully saturated rings. The van der Waals surface area contributed by atoms with Crippen molar-refractivity contribution in [3.05, 3.63) is 57.8 Å². The summed E-state index contributed by atoms with van der Waals surface area (Å²) in [5.74, 6) is -1.29. The highest BCUT2D eigenvalue weighted by molar-refractivity contribution is 5.95. The highest BCUT2D eigenvalue weighted by Gasteiger charge is 2.46. The Labute approximate surface area is 213 Å². The van der Waals surface area contributed by atoms with E-state index in [4.69, 9.17) is 15.0 Å². The fourth-order valence-electron chi connectivity index (χ4n) is 5.27. The molecule has 0 spiro atoms. The Morgan fingerprint density at radius 1 is 1.16 bits per heavy atom. The summed E-state index contributed by atoms with van der Waals surface area (Å²) in [7, 11) is 2.06. The second-order valence-corrected chi connectivity index (χ2v) is 10.6. The topological polar surface area (TPSA) is 165 Å². The van der Waals surface area contributed by atoms with E-state index in [1.807, 2.05) is 0 Å². The van der Waals surface area contributed by atoms with Gasteiger partial charge in [0.15, 0.2) is 11.5 Å². The third kappa shape index (κ3) is 4.82. The van der Waals surface area contributed by atoms with Gasteiger partial charge in [0.25, 0.3) is 11.6 Å². The van der Waals surface area contributed by atoms with Crippen LogP contribution < -0.4 is 10.5 Å². The molecule has 4 rings (SSSR count). The average Bonchev–Trinajstić information content (AvgIpc) is 3.22. The summed E-state index contributed by atoms with van der Waals surface area (Å²) in [6.45, 7) is 8.44. The molecule has 11 nitrogen and oxygen atoms in total. The number of aromatic nitrogens is 1. The summed E-state index contributed by atoms with van der Waals surface area (Å²) in [5.41, 5.74) is 5.55. The molecule has 2 heterocycles. The number of likely N-dealkylation sites (tertiary alicyclic amines) is 1. The number of benzene rings is 2. The number of carbonyl (C=O) groups is 1. The van der Waals surface area contributed by atoms with E-state index in [0.717, 1.165) is 6.07 Å². The Balaban J connectivity index is 1.87. The molecule has 196 valence electrons. The molecule has 37 heavy (non-hydrogen) atoms. The van der Waals surface area contributed by atoms with E-state index in [-0.39, 0.29) is 62.7 Å². The van der Waals surface area contributed by atoms with E-state index in [1.54, 1.807) is 0 Å². The summed E-state index contributed by atoms with van der Waals surface area (Å²) >= 11 is 0. The fourth-order valence-corrected chi connectivity index (χ4v) is 5.27. The van der Waals surface area contributed by atoms with Crippen molar-refractivity contribution in [2.45, 2.75) is 57.5 Å². The van der Waals surface area contributed by atoms with Crippen LogP contribution in [0.15, 0.2) is 40.9 Å². The van der Waals surface area contributed by atoms with E-state index in [0.29, 0.717) is 18.4 Å². The van der Waals surface area contributed by atoms with Gasteiger partial charge in [0.2, 0.25) is 0 Å². The maximum Gasteiger partial charge on any atom is 0.271 e. The van der Waals surface area contributed by atoms with Gasteiger partial charge in [-0.15, -0.1) is 0 Å². The van der Waals surface area contributed by atoms with Crippen LogP contribution in [0.1, 0.15) is 62.5 Å². The van der Waals surface area contributed by atoms with Crippen molar-refractivity contribution in [3.63, 3.8) is 0 Å². The van der Waals surface area contributed by atoms with E-state index in [1.165, 1.54) is 30.3 Å². The number of nitro groups is 1. The van der Waals surface area contributed by atoms with Crippen LogP contribution in [0.4, 0.5) is 5.69 Å². The number of aromatic hydroxyl groups is 2. The first-order chi connectivity index (χ1) is 17.2. The number of piperidine rings is 1. The number of amides is 1. The number of nitrogens with two attached hydrogens (primary N) is 1. The van der Waals surface area contributed by atoms with Gasteiger partial charge in [-0.3, -0.25) is 19.8 Å². The van der Waals surface area contributed by atoms with Crippen LogP contribution in [-0.2, 0) is 0 Å². The zero-order chi connectivity index (χ0) is 27.3. The Morgan fingerprint density at radius 2 is 1.76 bits per heavy atom. The third-order valence-corrected chi connectivity index (χ3v) is 7.25. The number of non-ortho nitro benzene ring substituents is 1. The molecule has 0 unspecified atom stereocenters. The molecular formula is C26H30N4O7. The van der Waals surface area contributed by atoms with Crippen LogP contribution in [0.5, 0.6) is 23.0 Å². The second-order valence-electron chi connectivity index (χ2n) is 10.6. The molecule has 1 aromatic heterocycles. The summed E-state index contributed by atoms with van der Waals surface area (Å²) in [6.07, 6.45) is 1.30. The van der Waals surface area contributed by atoms with Gasteiger partial charge in [0, 0.05) is 40.9 Å². The third-order valence-electron chi connectivity index (χ3n) is 7.25. The zero-order valence-corrected chi connectivity index (χ0v) is 21.3. The number of phenols is 2. The molecule has 0 bridgehead atoms. The Hall–Kier alpha value is -4.12. The lowest BCUT2D eigenvalue weighted by molar-refractivity contribution is -0.384. The van der Waals surface area contributed by atoms with Gasteiger partial charge in [-0.05, 0) is 65.6 Å². The maximum absolute atomic E-state index is 12.4. The molecule has 11 heteroatoms. The smallest absolute Gasteiger partial charge is 0.271 e. The lowest BCUT2D eigenvalue weighted by Gasteiger charge is -2.53. The minimum absolute atomic E-state index is 0.00576. The second kappa shape index (κ2) is 9.07. The van der Waals surface area contributed by atoms with Crippen LogP contribution in [0.3, 0.4) is 0 Å². The molecule has 1 aliphatic heterocycles. The molecule has 1 amide bonds. The van der Waals surface area contributed by atoms with Crippen molar-refractivity contribution in [2.75, 3.05) is 7.05 Å². The summed E-state index contributed by atoms with van der Waals surface area (Å²) in [4.78, 5) is 25.1. The molecule has 0 atom stereocenters. The van der Waals surface area contributed by atoms with Gasteiger partial charge in [0.05, 0.1) is 4.92 Å². The SMILES string of the molecule is CN1C(C)(C)CC(c2c(C(N)=O)noc2-c2c(O)cc(O)cc2Oc2ccc([N+](=O)[O-])cc2)CC1(C)C. The minimum Gasteiger partial charge on any atom is -0.508 e. The molecule has 3 aromatic rings. The monoisotopic (exact) mass is 510 g/mol. The largest absolute Gasteiger partial charge is 0.508 e. The van der Waals surface area contributed by atoms with Gasteiger partial charge in [0.1, 0.15) is 28.6 Å². The molecule has 2 aromatic carbocycles. The quantitative estimate of drug-likeness (QED) is 0.308. The summed E-state index contributed by atoms with van der Waals surface area (Å²) in [6, 6.07) is 7.71. The van der Waals surface area contributed by atoms with Gasteiger partial charge >= 0.3 is 0 Å². The molecule has 1 saturated heterocycles. The number of ether oxygens (including phenoxy) is 1. The van der Waals surface area contributed by atoms with Gasteiger partial charge in [-0.1, -0.05) is 5.16 Å². The molecule has 0 aliphatic carbocycles. The number of nitro benzene ring substituents is 1. The number of carbonyl (C=O) groups excluding carboxylic acids is 1. The fraction of sp³-hybridized carbons (Fsp3) is 0.385. The van der Waals surface area contributed by atoms with Crippen molar-refractivity contribution >= 4 is 11.6 Å². The number of rotatable bonds is 6. The van der Waals surface area contributed by atoms with E-state index >= 15 is 0 Å². The zero-order valence-electron chi connectivity index (χ0n) is 21.3. The highest BCUT2D eigenvalue weighted by atomic mass is 16.6. The Bertz CT molecular complexity index is 1340. The number of primary amides is 1. The van der Waals surface area contributed by atoms with Crippen molar-refractivity contribution in [2.24, 2.45) is 5.73 Å². The van der Waals surface area contributed by atoms with E-state index in [2.05, 4.69) is 44.8 Å². The average molecular weight is 511 g/mol. The standard InChI is InChI=1S/C26H30N4O7/c1-25(2)12-14(13-26(3,4)29(25)5)20-22(24(27)33)28-37-23(20)21-18(32)10-16(31)11-19(21)36-17-8-6-15(7-9-17)30(34)35/h6-11,14,31-32H,12-13H2,1-5H3,(H2,27,33). The van der Waals surface area contributed by atoms with Crippen molar-refractivity contribution < 1.29 is 29.2 Å². The van der Waals surface area contributed by atoms with Crippen LogP contribution in [0.2, 0.25) is 0 Å². The number of hydrogen-bond donors (Lipinski definition) is 3. The first kappa shape index (κ1) is 26.0. The lowest BCUT2D eigenvalue weighted by Crippen LogP contribution is -2.58. The van der Waals surface area contributed by atoms with Gasteiger partial charge in [-0.25, -0.2) is 0 Å². The predicted octanol–water partition coefficient (Wildman–Crippen LogP) is 4.92. The van der Waals surface area contributed by atoms with Crippen LogP contribution in [-0.4, -0.2) is 49.2 Å². The first-order valence-electron chi connectivity index (χ1n) is 11.7. The van der Waals surface area contributed by atoms with Gasteiger partial charge < -0.3 is 25.2 Å². The predicted molar refractivity (Wildman–Crippen MR) is 135 cm³/mol. The Kier molecular flexibility index (Phi) is 6.37. The number of phenolic OH excluding ortho intramolecular Hbond substituents is 2. The van der Waals surface area contributed by atoms with Gasteiger partial charge in [-0.2, -0.15) is 0 Å². The van der Waals surface area contributed by atoms with Crippen LogP contribution >= 0.6 is 0 Å². The summed E-state index contributed by atoms with van der Waals surface area (Å²) in [5, 5.41) is 36.0. The van der Waals surface area contributed by atoms with Crippen molar-refractivity contribution in [1.29, 1.82) is 0 Å². The van der Waals surface area contributed by atoms with Crippen LogP contribution in [0.25, 0.3) is 11.3 Å². The normalized spacial score (nSPS) is 17.4. The Morgan fingerprint density at radius 3 is 2.30 bits per heavy atom. The first-order valence-corrected chi connectivity index (χ1v) is 11.7.